The molecule has 0 atom stereocenters. The highest BCUT2D eigenvalue weighted by molar-refractivity contribution is 7.92. The summed E-state index contributed by atoms with van der Waals surface area (Å²) < 4.78 is 27.4. The Balaban J connectivity index is 1.47. The third kappa shape index (κ3) is 4.08. The number of fused-ring (bicyclic) bond motifs is 1. The topological polar surface area (TPSA) is 97.4 Å². The quantitative estimate of drug-likeness (QED) is 0.473. The molecular weight excluding hydrogens is 414 g/mol. The van der Waals surface area contributed by atoms with Crippen molar-refractivity contribution in [2.45, 2.75) is 4.90 Å². The van der Waals surface area contributed by atoms with Crippen molar-refractivity contribution in [1.82, 2.24) is 0 Å². The van der Waals surface area contributed by atoms with Crippen molar-refractivity contribution in [3.63, 3.8) is 0 Å². The van der Waals surface area contributed by atoms with E-state index in [1.807, 2.05) is 0 Å². The van der Waals surface area contributed by atoms with Crippen LogP contribution in [0.15, 0.2) is 89.8 Å². The highest BCUT2D eigenvalue weighted by atomic mass is 32.2. The second kappa shape index (κ2) is 8.12. The number of Topliss-reactive ketones (excluding diaryl/α,β-unsaturated/α-hetero) is 2. The minimum atomic E-state index is -3.75. The maximum atomic E-state index is 12.5. The third-order valence-electron chi connectivity index (χ3n) is 4.92. The second-order valence-electron chi connectivity index (χ2n) is 6.98. The lowest BCUT2D eigenvalue weighted by molar-refractivity contribution is -0.115. The molecule has 0 amide bonds. The second-order valence-corrected chi connectivity index (χ2v) is 8.67. The molecule has 0 bridgehead atoms. The Labute approximate surface area is 179 Å². The van der Waals surface area contributed by atoms with E-state index in [9.17, 15) is 22.8 Å². The highest BCUT2D eigenvalue weighted by Crippen LogP contribution is 2.27. The van der Waals surface area contributed by atoms with Gasteiger partial charge in [-0.15, -0.1) is 0 Å². The largest absolute Gasteiger partial charge is 0.294 e. The number of hydrogen-bond donors (Lipinski definition) is 1. The number of ketones is 3. The molecule has 154 valence electrons. The number of rotatable bonds is 6. The average molecular weight is 431 g/mol. The zero-order chi connectivity index (χ0) is 22.0. The summed E-state index contributed by atoms with van der Waals surface area (Å²) in [6.45, 7) is 0. The number of hydrogen-bond acceptors (Lipinski definition) is 5. The van der Waals surface area contributed by atoms with Gasteiger partial charge in [-0.1, -0.05) is 60.7 Å². The fraction of sp³-hybridized carbons (Fsp3) is 0.0417. The standard InChI is InChI=1S/C24H17NO5S/c26-21(22-23(27)19-8-4-5-9-20(19)24(22)28)15-12-16-10-13-18(14-11-16)31(29,30)25-17-6-2-1-3-7-17/h1-15,22,25H. The molecule has 0 spiro atoms. The lowest BCUT2D eigenvalue weighted by Gasteiger charge is -2.08. The van der Waals surface area contributed by atoms with Gasteiger partial charge >= 0.3 is 0 Å². The molecule has 0 unspecified atom stereocenters. The summed E-state index contributed by atoms with van der Waals surface area (Å²) in [6.07, 6.45) is 2.63. The predicted octanol–water partition coefficient (Wildman–Crippen LogP) is 3.77. The number of benzene rings is 3. The normalized spacial score (nSPS) is 14.1. The Morgan fingerprint density at radius 1 is 0.774 bits per heavy atom. The Morgan fingerprint density at radius 2 is 1.32 bits per heavy atom. The first-order valence-electron chi connectivity index (χ1n) is 9.44. The van der Waals surface area contributed by atoms with E-state index < -0.39 is 33.3 Å². The van der Waals surface area contributed by atoms with Crippen LogP contribution in [0.4, 0.5) is 5.69 Å². The summed E-state index contributed by atoms with van der Waals surface area (Å²) in [6, 6.07) is 20.8. The Bertz CT molecular complexity index is 1270. The van der Waals surface area contributed by atoms with Gasteiger partial charge in [0.2, 0.25) is 0 Å². The molecule has 0 radical (unpaired) electrons. The molecule has 1 aliphatic rings. The van der Waals surface area contributed by atoms with E-state index in [1.54, 1.807) is 42.5 Å². The van der Waals surface area contributed by atoms with Crippen molar-refractivity contribution in [1.29, 1.82) is 0 Å². The molecule has 7 heteroatoms. The van der Waals surface area contributed by atoms with Gasteiger partial charge in [-0.05, 0) is 35.9 Å². The van der Waals surface area contributed by atoms with Crippen LogP contribution in [0.25, 0.3) is 6.08 Å². The molecule has 0 saturated heterocycles. The van der Waals surface area contributed by atoms with Crippen LogP contribution in [0.5, 0.6) is 0 Å². The van der Waals surface area contributed by atoms with Gasteiger partial charge < -0.3 is 0 Å². The van der Waals surface area contributed by atoms with Crippen molar-refractivity contribution in [2.24, 2.45) is 5.92 Å². The van der Waals surface area contributed by atoms with E-state index in [0.717, 1.165) is 0 Å². The monoisotopic (exact) mass is 431 g/mol. The molecule has 3 aromatic carbocycles. The van der Waals surface area contributed by atoms with Gasteiger partial charge in [0.1, 0.15) is 5.92 Å². The summed E-state index contributed by atoms with van der Waals surface area (Å²) in [7, 11) is -3.75. The third-order valence-corrected chi connectivity index (χ3v) is 6.32. The SMILES string of the molecule is O=C(C=Cc1ccc(S(=O)(=O)Nc2ccccc2)cc1)C1C(=O)c2ccccc2C1=O. The molecule has 1 aliphatic carbocycles. The molecule has 0 aliphatic heterocycles. The van der Waals surface area contributed by atoms with Crippen LogP contribution < -0.4 is 4.72 Å². The van der Waals surface area contributed by atoms with Crippen LogP contribution in [-0.2, 0) is 14.8 Å². The van der Waals surface area contributed by atoms with Crippen LogP contribution in [-0.4, -0.2) is 25.8 Å². The summed E-state index contributed by atoms with van der Waals surface area (Å²) >= 11 is 0. The maximum absolute atomic E-state index is 12.5. The molecule has 1 N–H and O–H groups in total. The fourth-order valence-corrected chi connectivity index (χ4v) is 4.41. The summed E-state index contributed by atoms with van der Waals surface area (Å²) in [4.78, 5) is 37.4. The average Bonchev–Trinajstić information content (AvgIpc) is 3.03. The lowest BCUT2D eigenvalue weighted by Crippen LogP contribution is -2.23. The smallest absolute Gasteiger partial charge is 0.261 e. The molecular formula is C24H17NO5S. The van der Waals surface area contributed by atoms with E-state index in [0.29, 0.717) is 11.3 Å². The van der Waals surface area contributed by atoms with Gasteiger partial charge in [0.25, 0.3) is 10.0 Å². The van der Waals surface area contributed by atoms with Gasteiger partial charge in [0.05, 0.1) is 4.90 Å². The van der Waals surface area contributed by atoms with Crippen LogP contribution in [0.3, 0.4) is 0 Å². The van der Waals surface area contributed by atoms with Crippen LogP contribution in [0, 0.1) is 5.92 Å². The molecule has 0 heterocycles. The number of carbonyl (C=O) groups excluding carboxylic acids is 3. The van der Waals surface area contributed by atoms with Crippen molar-refractivity contribution >= 4 is 39.1 Å². The van der Waals surface area contributed by atoms with E-state index in [2.05, 4.69) is 4.72 Å². The molecule has 6 nitrogen and oxygen atoms in total. The Hall–Kier alpha value is -3.84. The minimum Gasteiger partial charge on any atom is -0.294 e. The molecule has 4 rings (SSSR count). The van der Waals surface area contributed by atoms with Crippen LogP contribution >= 0.6 is 0 Å². The summed E-state index contributed by atoms with van der Waals surface area (Å²) in [5.41, 5.74) is 1.53. The van der Waals surface area contributed by atoms with Gasteiger partial charge in [-0.3, -0.25) is 19.1 Å². The van der Waals surface area contributed by atoms with Gasteiger partial charge in [-0.2, -0.15) is 0 Å². The number of allylic oxidation sites excluding steroid dienone is 1. The van der Waals surface area contributed by atoms with Crippen LogP contribution in [0.1, 0.15) is 26.3 Å². The number of nitrogens with one attached hydrogen (secondary N) is 1. The van der Waals surface area contributed by atoms with Crippen LogP contribution in [0.2, 0.25) is 0 Å². The van der Waals surface area contributed by atoms with Crippen molar-refractivity contribution < 1.29 is 22.8 Å². The summed E-state index contributed by atoms with van der Waals surface area (Å²) in [5.74, 6) is -2.95. The Kier molecular flexibility index (Phi) is 5.35. The van der Waals surface area contributed by atoms with E-state index in [4.69, 9.17) is 0 Å². The first-order valence-corrected chi connectivity index (χ1v) is 10.9. The summed E-state index contributed by atoms with van der Waals surface area (Å²) in [5, 5.41) is 0. The first-order chi connectivity index (χ1) is 14.9. The van der Waals surface area contributed by atoms with Gasteiger partial charge in [0, 0.05) is 16.8 Å². The maximum Gasteiger partial charge on any atom is 0.261 e. The fourth-order valence-electron chi connectivity index (χ4n) is 3.35. The zero-order valence-electron chi connectivity index (χ0n) is 16.2. The molecule has 0 aromatic heterocycles. The number of carbonyl (C=O) groups is 3. The minimum absolute atomic E-state index is 0.0661. The highest BCUT2D eigenvalue weighted by Gasteiger charge is 2.41. The number of anilines is 1. The molecule has 0 fully saturated rings. The lowest BCUT2D eigenvalue weighted by atomic mass is 9.97. The van der Waals surface area contributed by atoms with Crippen molar-refractivity contribution in [3.8, 4) is 0 Å². The number of sulfonamides is 1. The first kappa shape index (κ1) is 20.4. The van der Waals surface area contributed by atoms with Gasteiger partial charge in [-0.25, -0.2) is 8.42 Å². The molecule has 31 heavy (non-hydrogen) atoms. The number of para-hydroxylation sites is 1. The van der Waals surface area contributed by atoms with Gasteiger partial charge in [0.15, 0.2) is 17.3 Å². The Morgan fingerprint density at radius 3 is 1.90 bits per heavy atom. The van der Waals surface area contributed by atoms with Crippen molar-refractivity contribution in [3.05, 3.63) is 102 Å². The zero-order valence-corrected chi connectivity index (χ0v) is 17.0. The van der Waals surface area contributed by atoms with Crippen molar-refractivity contribution in [2.75, 3.05) is 4.72 Å². The van der Waals surface area contributed by atoms with E-state index >= 15 is 0 Å². The van der Waals surface area contributed by atoms with E-state index in [-0.39, 0.29) is 16.0 Å². The molecule has 0 saturated carbocycles. The van der Waals surface area contributed by atoms with E-state index in [1.165, 1.54) is 48.6 Å². The molecule has 3 aromatic rings. The predicted molar refractivity (Wildman–Crippen MR) is 116 cm³/mol.